The molecule has 1 saturated heterocycles. The Morgan fingerprint density at radius 2 is 1.43 bits per heavy atom. The standard InChI is InChI=1S/C27H19F6N3O2S2/c1-35-19-9-5-6-10-20(19)39-23(35)21-22(37)36(15-16-7-3-2-4-8-16)24(40-21)34-18-13-11-17(12-14-18)25(38,26(28,29)30)27(31,32)33/h2-14,38H,15H2,1H3/b23-21-,34-24?. The number of thioether (sulfide) groups is 2. The quantitative estimate of drug-likeness (QED) is 0.256. The minimum Gasteiger partial charge on any atom is -0.369 e. The highest BCUT2D eigenvalue weighted by Crippen LogP contribution is 2.51. The van der Waals surface area contributed by atoms with Crippen molar-refractivity contribution in [1.82, 2.24) is 4.90 Å². The van der Waals surface area contributed by atoms with Crippen molar-refractivity contribution in [3.05, 3.63) is 99.9 Å². The van der Waals surface area contributed by atoms with E-state index in [1.54, 1.807) is 12.1 Å². The number of halogens is 6. The Morgan fingerprint density at radius 3 is 2.02 bits per heavy atom. The van der Waals surface area contributed by atoms with Crippen LogP contribution in [0.4, 0.5) is 37.7 Å². The van der Waals surface area contributed by atoms with Gasteiger partial charge in [-0.25, -0.2) is 4.99 Å². The Morgan fingerprint density at radius 1 is 0.825 bits per heavy atom. The van der Waals surface area contributed by atoms with Crippen LogP contribution in [0.1, 0.15) is 11.1 Å². The van der Waals surface area contributed by atoms with E-state index in [1.807, 2.05) is 54.4 Å². The van der Waals surface area contributed by atoms with Crippen LogP contribution in [0.15, 0.2) is 98.7 Å². The molecule has 40 heavy (non-hydrogen) atoms. The number of amides is 1. The monoisotopic (exact) mass is 595 g/mol. The van der Waals surface area contributed by atoms with Gasteiger partial charge in [0.2, 0.25) is 0 Å². The summed E-state index contributed by atoms with van der Waals surface area (Å²) >= 11 is 2.48. The van der Waals surface area contributed by atoms with E-state index in [0.29, 0.717) is 22.1 Å². The van der Waals surface area contributed by atoms with Gasteiger partial charge in [-0.15, -0.1) is 0 Å². The first kappa shape index (κ1) is 28.1. The van der Waals surface area contributed by atoms with Crippen LogP contribution in [0.5, 0.6) is 0 Å². The van der Waals surface area contributed by atoms with Crippen molar-refractivity contribution in [1.29, 1.82) is 0 Å². The number of carbonyl (C=O) groups excluding carboxylic acids is 1. The molecular weight excluding hydrogens is 576 g/mol. The highest BCUT2D eigenvalue weighted by atomic mass is 32.2. The number of para-hydroxylation sites is 1. The maximum absolute atomic E-state index is 13.6. The van der Waals surface area contributed by atoms with Crippen molar-refractivity contribution in [3.8, 4) is 0 Å². The van der Waals surface area contributed by atoms with E-state index in [4.69, 9.17) is 0 Å². The third kappa shape index (κ3) is 4.86. The number of anilines is 1. The smallest absolute Gasteiger partial charge is 0.369 e. The molecule has 0 aromatic heterocycles. The Labute approximate surface area is 233 Å². The highest BCUT2D eigenvalue weighted by molar-refractivity contribution is 8.19. The lowest BCUT2D eigenvalue weighted by Gasteiger charge is -2.32. The average Bonchev–Trinajstić information content (AvgIpc) is 3.39. The first-order chi connectivity index (χ1) is 18.8. The topological polar surface area (TPSA) is 56.1 Å². The summed E-state index contributed by atoms with van der Waals surface area (Å²) in [4.78, 5) is 22.7. The predicted octanol–water partition coefficient (Wildman–Crippen LogP) is 7.17. The highest BCUT2D eigenvalue weighted by Gasteiger charge is 2.71. The molecule has 1 N–H and O–H groups in total. The predicted molar refractivity (Wildman–Crippen MR) is 142 cm³/mol. The van der Waals surface area contributed by atoms with Gasteiger partial charge in [0.1, 0.15) is 4.91 Å². The fourth-order valence-corrected chi connectivity index (χ4v) is 6.54. The fraction of sp³-hybridized carbons (Fsp3) is 0.185. The molecule has 0 aliphatic carbocycles. The molecule has 0 spiro atoms. The number of hydrogen-bond acceptors (Lipinski definition) is 6. The van der Waals surface area contributed by atoms with Crippen LogP contribution in [0.2, 0.25) is 0 Å². The second-order valence-electron chi connectivity index (χ2n) is 8.89. The number of hydrogen-bond donors (Lipinski definition) is 1. The summed E-state index contributed by atoms with van der Waals surface area (Å²) in [6.07, 6.45) is -12.0. The van der Waals surface area contributed by atoms with Crippen LogP contribution in [0.3, 0.4) is 0 Å². The van der Waals surface area contributed by atoms with E-state index in [9.17, 15) is 36.2 Å². The third-order valence-corrected chi connectivity index (χ3v) is 8.74. The number of aliphatic hydroxyl groups is 1. The van der Waals surface area contributed by atoms with Crippen LogP contribution in [-0.2, 0) is 16.9 Å². The maximum Gasteiger partial charge on any atom is 0.430 e. The Kier molecular flexibility index (Phi) is 7.17. The maximum atomic E-state index is 13.6. The van der Waals surface area contributed by atoms with Gasteiger partial charge in [0.15, 0.2) is 5.17 Å². The van der Waals surface area contributed by atoms with Crippen LogP contribution in [0.25, 0.3) is 0 Å². The second kappa shape index (κ2) is 10.2. The van der Waals surface area contributed by atoms with E-state index < -0.39 is 23.5 Å². The average molecular weight is 596 g/mol. The number of fused-ring (bicyclic) bond motifs is 1. The van der Waals surface area contributed by atoms with Gasteiger partial charge in [0.05, 0.1) is 22.9 Å². The summed E-state index contributed by atoms with van der Waals surface area (Å²) in [5.41, 5.74) is -4.72. The molecule has 2 aliphatic heterocycles. The Hall–Kier alpha value is -3.42. The lowest BCUT2D eigenvalue weighted by atomic mass is 9.92. The molecule has 5 rings (SSSR count). The van der Waals surface area contributed by atoms with Crippen LogP contribution in [-0.4, -0.2) is 40.5 Å². The number of amidine groups is 1. The molecule has 2 aliphatic rings. The molecule has 0 bridgehead atoms. The van der Waals surface area contributed by atoms with Crippen molar-refractivity contribution >= 4 is 46.0 Å². The molecule has 2 heterocycles. The Bertz CT molecular complexity index is 1490. The number of aliphatic imine (C=N–C) groups is 1. The van der Waals surface area contributed by atoms with Gasteiger partial charge in [-0.2, -0.15) is 26.3 Å². The van der Waals surface area contributed by atoms with Crippen molar-refractivity contribution in [2.75, 3.05) is 11.9 Å². The first-order valence-corrected chi connectivity index (χ1v) is 13.3. The summed E-state index contributed by atoms with van der Waals surface area (Å²) < 4.78 is 79.7. The van der Waals surface area contributed by atoms with E-state index >= 15 is 0 Å². The lowest BCUT2D eigenvalue weighted by Crippen LogP contribution is -2.53. The van der Waals surface area contributed by atoms with Crippen LogP contribution < -0.4 is 4.90 Å². The van der Waals surface area contributed by atoms with Gasteiger partial charge in [-0.1, -0.05) is 66.4 Å². The molecule has 3 aromatic rings. The second-order valence-corrected chi connectivity index (χ2v) is 10.9. The molecule has 0 saturated carbocycles. The van der Waals surface area contributed by atoms with Crippen LogP contribution >= 0.6 is 23.5 Å². The minimum absolute atomic E-state index is 0.00535. The van der Waals surface area contributed by atoms with E-state index in [1.165, 1.54) is 16.7 Å². The van der Waals surface area contributed by atoms with Gasteiger partial charge in [-0.3, -0.25) is 9.69 Å². The number of rotatable bonds is 4. The van der Waals surface area contributed by atoms with Gasteiger partial charge >= 0.3 is 12.4 Å². The molecular formula is C27H19F6N3O2S2. The summed E-state index contributed by atoms with van der Waals surface area (Å²) in [7, 11) is 1.83. The largest absolute Gasteiger partial charge is 0.430 e. The lowest BCUT2D eigenvalue weighted by molar-refractivity contribution is -0.376. The van der Waals surface area contributed by atoms with E-state index in [0.717, 1.165) is 40.0 Å². The molecule has 5 nitrogen and oxygen atoms in total. The zero-order valence-electron chi connectivity index (χ0n) is 20.5. The number of benzene rings is 3. The van der Waals surface area contributed by atoms with Gasteiger partial charge in [0, 0.05) is 17.5 Å². The van der Waals surface area contributed by atoms with Crippen molar-refractivity contribution in [3.63, 3.8) is 0 Å². The molecule has 1 amide bonds. The number of nitrogens with zero attached hydrogens (tertiary/aromatic N) is 3. The zero-order chi connectivity index (χ0) is 28.9. The van der Waals surface area contributed by atoms with Crippen LogP contribution in [0, 0.1) is 0 Å². The molecule has 0 radical (unpaired) electrons. The normalized spacial score (nSPS) is 19.1. The number of alkyl halides is 6. The van der Waals surface area contributed by atoms with Crippen molar-refractivity contribution < 1.29 is 36.2 Å². The van der Waals surface area contributed by atoms with Gasteiger partial charge in [-0.05, 0) is 41.6 Å². The van der Waals surface area contributed by atoms with E-state index in [-0.39, 0.29) is 23.3 Å². The fourth-order valence-electron chi connectivity index (χ4n) is 4.20. The number of carbonyl (C=O) groups is 1. The zero-order valence-corrected chi connectivity index (χ0v) is 22.1. The molecule has 1 fully saturated rings. The summed E-state index contributed by atoms with van der Waals surface area (Å²) in [5.74, 6) is -0.338. The third-order valence-electron chi connectivity index (χ3n) is 6.31. The molecule has 208 valence electrons. The Balaban J connectivity index is 1.53. The molecule has 0 atom stereocenters. The molecule has 3 aromatic carbocycles. The van der Waals surface area contributed by atoms with Gasteiger partial charge < -0.3 is 10.0 Å². The summed E-state index contributed by atoms with van der Waals surface area (Å²) in [6, 6.07) is 19.6. The van der Waals surface area contributed by atoms with E-state index in [2.05, 4.69) is 4.99 Å². The van der Waals surface area contributed by atoms with Crippen molar-refractivity contribution in [2.24, 2.45) is 4.99 Å². The van der Waals surface area contributed by atoms with Crippen molar-refractivity contribution in [2.45, 2.75) is 29.4 Å². The minimum atomic E-state index is -6.00. The SMILES string of the molecule is CN1/C(=C2/SC(=Nc3ccc(C(O)(C(F)(F)F)C(F)(F)F)cc3)N(Cc3ccccc3)C2=O)Sc2ccccc21. The van der Waals surface area contributed by atoms with Gasteiger partial charge in [0.25, 0.3) is 11.5 Å². The first-order valence-electron chi connectivity index (χ1n) is 11.6. The molecule has 0 unspecified atom stereocenters. The summed E-state index contributed by atoms with van der Waals surface area (Å²) in [5, 5.41) is 10.6. The summed E-state index contributed by atoms with van der Waals surface area (Å²) in [6.45, 7) is 0.142. The molecule has 13 heteroatoms.